The first-order chi connectivity index (χ1) is 16.9. The number of aromatic carboxylic acids is 1. The number of amides is 1. The lowest BCUT2D eigenvalue weighted by molar-refractivity contribution is 0.0686. The van der Waals surface area contributed by atoms with Crippen LogP contribution in [-0.2, 0) is 6.54 Å². The van der Waals surface area contributed by atoms with Gasteiger partial charge in [-0.2, -0.15) is 0 Å². The first-order valence-electron chi connectivity index (χ1n) is 11.0. The first-order valence-corrected chi connectivity index (χ1v) is 11.0. The van der Waals surface area contributed by atoms with Crippen LogP contribution in [0.4, 0.5) is 10.1 Å². The highest BCUT2D eigenvalue weighted by molar-refractivity contribution is 6.04. The number of benzene rings is 1. The van der Waals surface area contributed by atoms with Gasteiger partial charge in [0.25, 0.3) is 11.5 Å². The molecule has 0 aliphatic carbocycles. The second kappa shape index (κ2) is 9.05. The molecule has 10 heteroatoms. The molecule has 0 atom stereocenters. The Morgan fingerprint density at radius 3 is 2.46 bits per heavy atom. The summed E-state index contributed by atoms with van der Waals surface area (Å²) >= 11 is 0. The van der Waals surface area contributed by atoms with Gasteiger partial charge in [0.2, 0.25) is 0 Å². The lowest BCUT2D eigenvalue weighted by atomic mass is 10.1. The van der Waals surface area contributed by atoms with E-state index in [0.717, 1.165) is 11.8 Å². The highest BCUT2D eigenvalue weighted by atomic mass is 19.1. The van der Waals surface area contributed by atoms with Gasteiger partial charge < -0.3 is 19.3 Å². The van der Waals surface area contributed by atoms with E-state index in [1.807, 2.05) is 30.3 Å². The van der Waals surface area contributed by atoms with Gasteiger partial charge >= 0.3 is 5.97 Å². The Morgan fingerprint density at radius 1 is 1.06 bits per heavy atom. The highest BCUT2D eigenvalue weighted by Crippen LogP contribution is 2.30. The number of hydrogen-bond acceptors (Lipinski definition) is 6. The largest absolute Gasteiger partial charge is 0.477 e. The van der Waals surface area contributed by atoms with E-state index in [-0.39, 0.29) is 61.1 Å². The number of carboxylic acids is 1. The molecule has 0 bridgehead atoms. The summed E-state index contributed by atoms with van der Waals surface area (Å²) in [5.41, 5.74) is -0.104. The predicted molar refractivity (Wildman–Crippen MR) is 125 cm³/mol. The van der Waals surface area contributed by atoms with Gasteiger partial charge in [-0.15, -0.1) is 0 Å². The molecule has 1 saturated heterocycles. The molecule has 1 aliphatic rings. The number of carboxylic acid groups (broad SMARTS) is 1. The summed E-state index contributed by atoms with van der Waals surface area (Å²) in [5, 5.41) is 10.3. The Morgan fingerprint density at radius 2 is 1.80 bits per heavy atom. The number of fused-ring (bicyclic) bond motifs is 1. The molecule has 3 aromatic heterocycles. The van der Waals surface area contributed by atoms with Crippen molar-refractivity contribution in [2.75, 3.05) is 31.1 Å². The van der Waals surface area contributed by atoms with Crippen LogP contribution in [0.25, 0.3) is 11.0 Å². The zero-order chi connectivity index (χ0) is 24.5. The summed E-state index contributed by atoms with van der Waals surface area (Å²) in [4.78, 5) is 45.8. The lowest BCUT2D eigenvalue weighted by Crippen LogP contribution is -2.49. The van der Waals surface area contributed by atoms with Crippen molar-refractivity contribution in [2.45, 2.75) is 6.54 Å². The summed E-state index contributed by atoms with van der Waals surface area (Å²) in [6.45, 7) is 1.13. The summed E-state index contributed by atoms with van der Waals surface area (Å²) in [5.74, 6) is -2.12. The number of aromatic nitrogens is 2. The van der Waals surface area contributed by atoms with Crippen molar-refractivity contribution >= 4 is 28.6 Å². The van der Waals surface area contributed by atoms with Gasteiger partial charge in [-0.3, -0.25) is 14.2 Å². The minimum absolute atomic E-state index is 0.0841. The van der Waals surface area contributed by atoms with Crippen LogP contribution in [0.15, 0.2) is 70.2 Å². The molecular formula is C25H21FN4O5. The first kappa shape index (κ1) is 22.3. The fourth-order valence-electron chi connectivity index (χ4n) is 4.41. The van der Waals surface area contributed by atoms with E-state index in [4.69, 9.17) is 4.42 Å². The normalized spacial score (nSPS) is 13.9. The number of rotatable bonds is 5. The molecule has 0 unspecified atom stereocenters. The van der Waals surface area contributed by atoms with Gasteiger partial charge in [-0.05, 0) is 23.8 Å². The highest BCUT2D eigenvalue weighted by Gasteiger charge is 2.30. The quantitative estimate of drug-likeness (QED) is 0.472. The second-order valence-electron chi connectivity index (χ2n) is 8.19. The zero-order valence-electron chi connectivity index (χ0n) is 18.6. The maximum atomic E-state index is 14.3. The number of carbonyl (C=O) groups is 2. The van der Waals surface area contributed by atoms with Crippen LogP contribution < -0.4 is 10.5 Å². The van der Waals surface area contributed by atoms with Crippen LogP contribution in [0, 0.1) is 5.82 Å². The van der Waals surface area contributed by atoms with Crippen molar-refractivity contribution in [2.24, 2.45) is 0 Å². The lowest BCUT2D eigenvalue weighted by Gasteiger charge is -2.36. The SMILES string of the molecule is O=C(O)c1c(N2CCN(C(=O)c3ccco3)CC2)c2cc(F)cnc2n(Cc2ccccc2)c1=O. The Bertz CT molecular complexity index is 1460. The topological polar surface area (TPSA) is 109 Å². The number of hydrogen-bond donors (Lipinski definition) is 1. The molecule has 35 heavy (non-hydrogen) atoms. The van der Waals surface area contributed by atoms with Gasteiger partial charge in [0, 0.05) is 31.6 Å². The average Bonchev–Trinajstić information content (AvgIpc) is 3.40. The van der Waals surface area contributed by atoms with E-state index >= 15 is 0 Å². The molecule has 1 aliphatic heterocycles. The van der Waals surface area contributed by atoms with Crippen molar-refractivity contribution < 1.29 is 23.5 Å². The Kier molecular flexibility index (Phi) is 5.77. The summed E-state index contributed by atoms with van der Waals surface area (Å²) in [6, 6.07) is 13.5. The van der Waals surface area contributed by atoms with E-state index in [1.54, 1.807) is 21.9 Å². The molecule has 4 heterocycles. The Hall–Kier alpha value is -4.47. The van der Waals surface area contributed by atoms with Crippen molar-refractivity contribution in [3.05, 3.63) is 94.0 Å². The molecule has 0 spiro atoms. The monoisotopic (exact) mass is 476 g/mol. The molecule has 1 aromatic carbocycles. The predicted octanol–water partition coefficient (Wildman–Crippen LogP) is 2.84. The number of nitrogens with zero attached hydrogens (tertiary/aromatic N) is 4. The van der Waals surface area contributed by atoms with Crippen LogP contribution in [0.3, 0.4) is 0 Å². The molecule has 0 saturated carbocycles. The number of carbonyl (C=O) groups excluding carboxylic acids is 1. The minimum atomic E-state index is -1.41. The minimum Gasteiger partial charge on any atom is -0.477 e. The van der Waals surface area contributed by atoms with Crippen LogP contribution in [0.5, 0.6) is 0 Å². The second-order valence-corrected chi connectivity index (χ2v) is 8.19. The summed E-state index contributed by atoms with van der Waals surface area (Å²) in [7, 11) is 0. The van der Waals surface area contributed by atoms with Crippen LogP contribution in [-0.4, -0.2) is 57.6 Å². The van der Waals surface area contributed by atoms with Gasteiger partial charge in [-0.25, -0.2) is 14.2 Å². The van der Waals surface area contributed by atoms with E-state index in [1.165, 1.54) is 16.9 Å². The van der Waals surface area contributed by atoms with E-state index in [2.05, 4.69) is 4.98 Å². The molecular weight excluding hydrogens is 455 g/mol. The molecule has 1 fully saturated rings. The number of pyridine rings is 2. The third-order valence-electron chi connectivity index (χ3n) is 6.05. The summed E-state index contributed by atoms with van der Waals surface area (Å²) in [6.07, 6.45) is 2.42. The van der Waals surface area contributed by atoms with Crippen LogP contribution >= 0.6 is 0 Å². The number of halogens is 1. The fraction of sp³-hybridized carbons (Fsp3) is 0.200. The van der Waals surface area contributed by atoms with Crippen molar-refractivity contribution in [1.29, 1.82) is 0 Å². The Balaban J connectivity index is 1.58. The molecule has 0 radical (unpaired) electrons. The van der Waals surface area contributed by atoms with Crippen LogP contribution in [0.1, 0.15) is 26.5 Å². The van der Waals surface area contributed by atoms with Gasteiger partial charge in [0.15, 0.2) is 5.76 Å². The van der Waals surface area contributed by atoms with Crippen molar-refractivity contribution in [3.63, 3.8) is 0 Å². The zero-order valence-corrected chi connectivity index (χ0v) is 18.6. The van der Waals surface area contributed by atoms with Crippen molar-refractivity contribution in [3.8, 4) is 0 Å². The van der Waals surface area contributed by atoms with Gasteiger partial charge in [0.05, 0.1) is 24.7 Å². The maximum absolute atomic E-state index is 14.3. The Labute approximate surface area is 198 Å². The smallest absolute Gasteiger partial charge is 0.343 e. The number of furan rings is 1. The molecule has 5 rings (SSSR count). The number of piperazine rings is 1. The van der Waals surface area contributed by atoms with E-state index in [9.17, 15) is 23.9 Å². The fourth-order valence-corrected chi connectivity index (χ4v) is 4.41. The van der Waals surface area contributed by atoms with Crippen molar-refractivity contribution in [1.82, 2.24) is 14.5 Å². The molecule has 1 amide bonds. The third-order valence-corrected chi connectivity index (χ3v) is 6.05. The molecule has 9 nitrogen and oxygen atoms in total. The maximum Gasteiger partial charge on any atom is 0.343 e. The van der Waals surface area contributed by atoms with E-state index < -0.39 is 22.9 Å². The standard InChI is InChI=1S/C25H21FN4O5/c26-17-13-18-21(28-8-10-29(11-9-28)23(31)19-7-4-12-35-19)20(25(33)34)24(32)30(22(18)27-14-17)15-16-5-2-1-3-6-16/h1-7,12-14H,8-11,15H2,(H,33,34). The van der Waals surface area contributed by atoms with Crippen LogP contribution in [0.2, 0.25) is 0 Å². The average molecular weight is 476 g/mol. The molecule has 1 N–H and O–H groups in total. The van der Waals surface area contributed by atoms with E-state index in [0.29, 0.717) is 0 Å². The van der Waals surface area contributed by atoms with Gasteiger partial charge in [0.1, 0.15) is 17.0 Å². The summed E-state index contributed by atoms with van der Waals surface area (Å²) < 4.78 is 20.8. The molecule has 4 aromatic rings. The number of anilines is 1. The third kappa shape index (κ3) is 4.14. The molecule has 178 valence electrons. The van der Waals surface area contributed by atoms with Gasteiger partial charge in [-0.1, -0.05) is 30.3 Å².